The Labute approximate surface area is 255 Å². The molecule has 4 aromatic rings. The van der Waals surface area contributed by atoms with E-state index in [-0.39, 0.29) is 24.6 Å². The molecule has 0 saturated heterocycles. The molecule has 6 nitrogen and oxygen atoms in total. The van der Waals surface area contributed by atoms with Crippen LogP contribution in [0, 0.1) is 5.82 Å². The maximum Gasteiger partial charge on any atom is 0.338 e. The van der Waals surface area contributed by atoms with Crippen molar-refractivity contribution in [3.05, 3.63) is 130 Å². The van der Waals surface area contributed by atoms with Crippen molar-refractivity contribution in [1.29, 1.82) is 0 Å². The number of nitrogens with zero attached hydrogens (tertiary/aromatic N) is 2. The summed E-state index contributed by atoms with van der Waals surface area (Å²) < 4.78 is 28.4. The Kier molecular flexibility index (Phi) is 8.89. The topological polar surface area (TPSA) is 69.9 Å². The molecule has 42 heavy (non-hydrogen) atoms. The van der Waals surface area contributed by atoms with Gasteiger partial charge in [0, 0.05) is 15.6 Å². The zero-order chi connectivity index (χ0) is 30.0. The number of benzene rings is 3. The summed E-state index contributed by atoms with van der Waals surface area (Å²) in [5.41, 5.74) is 3.58. The van der Waals surface area contributed by atoms with Gasteiger partial charge in [-0.25, -0.2) is 14.2 Å². The van der Waals surface area contributed by atoms with Gasteiger partial charge in [-0.2, -0.15) is 0 Å². The first-order chi connectivity index (χ1) is 20.2. The van der Waals surface area contributed by atoms with E-state index in [1.807, 2.05) is 36.4 Å². The van der Waals surface area contributed by atoms with Crippen LogP contribution >= 0.6 is 27.3 Å². The Morgan fingerprint density at radius 1 is 1.14 bits per heavy atom. The lowest BCUT2D eigenvalue weighted by molar-refractivity contribution is -0.139. The van der Waals surface area contributed by atoms with E-state index in [2.05, 4.69) is 34.8 Å². The van der Waals surface area contributed by atoms with Gasteiger partial charge in [0.2, 0.25) is 0 Å². The fourth-order valence-electron chi connectivity index (χ4n) is 4.85. The van der Waals surface area contributed by atoms with E-state index in [1.54, 1.807) is 48.8 Å². The Balaban J connectivity index is 1.62. The molecule has 0 fully saturated rings. The van der Waals surface area contributed by atoms with Crippen molar-refractivity contribution in [3.63, 3.8) is 0 Å². The van der Waals surface area contributed by atoms with E-state index < -0.39 is 12.0 Å². The summed E-state index contributed by atoms with van der Waals surface area (Å²) in [5.74, 6) is -0.0141. The van der Waals surface area contributed by atoms with E-state index in [9.17, 15) is 14.0 Å². The maximum absolute atomic E-state index is 14.2. The van der Waals surface area contributed by atoms with Crippen LogP contribution in [0.2, 0.25) is 0 Å². The Hall–Kier alpha value is -3.82. The molecule has 1 aliphatic heterocycles. The third-order valence-corrected chi connectivity index (χ3v) is 8.51. The summed E-state index contributed by atoms with van der Waals surface area (Å²) in [6.45, 7) is 7.98. The van der Waals surface area contributed by atoms with Crippen LogP contribution in [0.5, 0.6) is 5.75 Å². The first-order valence-electron chi connectivity index (χ1n) is 13.6. The molecule has 0 bridgehead atoms. The quantitative estimate of drug-likeness (QED) is 0.207. The predicted octanol–water partition coefficient (Wildman–Crippen LogP) is 6.40. The summed E-state index contributed by atoms with van der Waals surface area (Å²) in [4.78, 5) is 32.4. The van der Waals surface area contributed by atoms with Gasteiger partial charge >= 0.3 is 5.97 Å². The maximum atomic E-state index is 14.2. The lowest BCUT2D eigenvalue weighted by Gasteiger charge is -2.25. The molecule has 0 spiro atoms. The monoisotopic (exact) mass is 648 g/mol. The second-order valence-corrected chi connectivity index (χ2v) is 12.1. The number of hydrogen-bond acceptors (Lipinski definition) is 6. The number of rotatable bonds is 8. The summed E-state index contributed by atoms with van der Waals surface area (Å²) in [5, 5.41) is 0. The first kappa shape index (κ1) is 29.7. The second-order valence-electron chi connectivity index (χ2n) is 10.2. The minimum absolute atomic E-state index is 0.0326. The highest BCUT2D eigenvalue weighted by atomic mass is 79.9. The third kappa shape index (κ3) is 6.03. The van der Waals surface area contributed by atoms with Crippen molar-refractivity contribution >= 4 is 39.3 Å². The molecule has 2 heterocycles. The standard InChI is InChI=1S/C33H30BrFN2O4S/c1-5-40-32(39)29-20(4)36-33-37(30(29)22-12-10-21(11-13-22)19(2)3)31(38)28(42-33)17-24-16-25(34)14-15-27(24)41-18-23-8-6-7-9-26(23)35/h6-17,19,30H,5,18H2,1-4H3/b28-17-/t30-/m0/s1. The van der Waals surface area contributed by atoms with Gasteiger partial charge in [-0.3, -0.25) is 9.36 Å². The molecule has 0 N–H and O–H groups in total. The molecular formula is C33H30BrFN2O4S. The number of halogens is 2. The summed E-state index contributed by atoms with van der Waals surface area (Å²) in [6.07, 6.45) is 1.74. The van der Waals surface area contributed by atoms with Crippen molar-refractivity contribution in [1.82, 2.24) is 4.57 Å². The van der Waals surface area contributed by atoms with Gasteiger partial charge in [-0.1, -0.05) is 83.6 Å². The van der Waals surface area contributed by atoms with Crippen LogP contribution in [0.25, 0.3) is 6.08 Å². The lowest BCUT2D eigenvalue weighted by Crippen LogP contribution is -2.39. The molecule has 3 aromatic carbocycles. The molecule has 1 aromatic heterocycles. The number of carbonyl (C=O) groups is 1. The first-order valence-corrected chi connectivity index (χ1v) is 15.2. The molecule has 0 aliphatic carbocycles. The summed E-state index contributed by atoms with van der Waals surface area (Å²) >= 11 is 4.74. The molecular weight excluding hydrogens is 619 g/mol. The molecule has 0 radical (unpaired) electrons. The van der Waals surface area contributed by atoms with E-state index >= 15 is 0 Å². The number of fused-ring (bicyclic) bond motifs is 1. The van der Waals surface area contributed by atoms with Crippen LogP contribution in [0.4, 0.5) is 4.39 Å². The summed E-state index contributed by atoms with van der Waals surface area (Å²) in [7, 11) is 0. The fraction of sp³-hybridized carbons (Fsp3) is 0.242. The Bertz CT molecular complexity index is 1860. The number of allylic oxidation sites excluding steroid dienone is 1. The van der Waals surface area contributed by atoms with Crippen LogP contribution < -0.4 is 19.6 Å². The minimum atomic E-state index is -0.692. The van der Waals surface area contributed by atoms with Gasteiger partial charge in [0.05, 0.1) is 28.5 Å². The average molecular weight is 650 g/mol. The van der Waals surface area contributed by atoms with E-state index in [1.165, 1.54) is 17.4 Å². The molecule has 1 atom stereocenters. The van der Waals surface area contributed by atoms with E-state index in [0.29, 0.717) is 43.4 Å². The SMILES string of the molecule is CCOC(=O)C1=C(C)N=c2s/c(=C\c3cc(Br)ccc3OCc3ccccc3F)c(=O)n2[C@H]1c1ccc(C(C)C)cc1. The molecule has 0 unspecified atom stereocenters. The van der Waals surface area contributed by atoms with Gasteiger partial charge in [-0.15, -0.1) is 0 Å². The zero-order valence-corrected chi connectivity index (χ0v) is 26.1. The molecule has 216 valence electrons. The van der Waals surface area contributed by atoms with Gasteiger partial charge in [0.25, 0.3) is 5.56 Å². The van der Waals surface area contributed by atoms with Crippen molar-refractivity contribution < 1.29 is 18.7 Å². The van der Waals surface area contributed by atoms with Crippen LogP contribution in [-0.2, 0) is 16.1 Å². The van der Waals surface area contributed by atoms with Gasteiger partial charge in [0.15, 0.2) is 4.80 Å². The minimum Gasteiger partial charge on any atom is -0.488 e. The fourth-order valence-corrected chi connectivity index (χ4v) is 6.26. The molecule has 5 rings (SSSR count). The third-order valence-electron chi connectivity index (χ3n) is 7.04. The van der Waals surface area contributed by atoms with Gasteiger partial charge in [-0.05, 0) is 61.2 Å². The smallest absolute Gasteiger partial charge is 0.338 e. The van der Waals surface area contributed by atoms with Crippen LogP contribution in [-0.4, -0.2) is 17.1 Å². The molecule has 0 amide bonds. The summed E-state index contributed by atoms with van der Waals surface area (Å²) in [6, 6.07) is 19.1. The highest BCUT2D eigenvalue weighted by Crippen LogP contribution is 2.32. The Morgan fingerprint density at radius 3 is 2.57 bits per heavy atom. The van der Waals surface area contributed by atoms with E-state index in [0.717, 1.165) is 15.6 Å². The van der Waals surface area contributed by atoms with Crippen molar-refractivity contribution in [2.75, 3.05) is 6.61 Å². The predicted molar refractivity (Wildman–Crippen MR) is 166 cm³/mol. The van der Waals surface area contributed by atoms with Crippen molar-refractivity contribution in [2.45, 2.75) is 46.3 Å². The number of esters is 1. The van der Waals surface area contributed by atoms with Crippen LogP contribution in [0.1, 0.15) is 61.9 Å². The number of carbonyl (C=O) groups excluding carboxylic acids is 1. The van der Waals surface area contributed by atoms with Gasteiger partial charge in [0.1, 0.15) is 18.2 Å². The molecule has 9 heteroatoms. The highest BCUT2D eigenvalue weighted by Gasteiger charge is 2.33. The van der Waals surface area contributed by atoms with Crippen molar-refractivity contribution in [3.8, 4) is 5.75 Å². The van der Waals surface area contributed by atoms with Crippen LogP contribution in [0.15, 0.2) is 92.3 Å². The lowest BCUT2D eigenvalue weighted by atomic mass is 9.93. The largest absolute Gasteiger partial charge is 0.488 e. The number of hydrogen-bond donors (Lipinski definition) is 0. The Morgan fingerprint density at radius 2 is 1.88 bits per heavy atom. The van der Waals surface area contributed by atoms with Crippen LogP contribution in [0.3, 0.4) is 0 Å². The number of ether oxygens (including phenoxy) is 2. The second kappa shape index (κ2) is 12.6. The average Bonchev–Trinajstić information content (AvgIpc) is 3.26. The van der Waals surface area contributed by atoms with Gasteiger partial charge < -0.3 is 9.47 Å². The molecule has 0 saturated carbocycles. The normalized spacial score (nSPS) is 15.0. The molecule has 1 aliphatic rings. The number of aromatic nitrogens is 1. The van der Waals surface area contributed by atoms with E-state index in [4.69, 9.17) is 9.47 Å². The number of thiazole rings is 1. The van der Waals surface area contributed by atoms with Crippen molar-refractivity contribution in [2.24, 2.45) is 4.99 Å². The highest BCUT2D eigenvalue weighted by molar-refractivity contribution is 9.10. The zero-order valence-electron chi connectivity index (χ0n) is 23.7.